The third-order valence-corrected chi connectivity index (χ3v) is 3.04. The molecule has 4 N–H and O–H groups in total. The SMILES string of the molecule is NCCCC[C@H](N)c1cc(C(F)(F)F)ccc1Cl. The molecule has 1 atom stereocenters. The Kier molecular flexibility index (Phi) is 5.44. The predicted octanol–water partition coefficient (Wildman–Crippen LogP) is 3.49. The first-order valence-corrected chi connectivity index (χ1v) is 6.06. The summed E-state index contributed by atoms with van der Waals surface area (Å²) in [5.41, 5.74) is 10.8. The summed E-state index contributed by atoms with van der Waals surface area (Å²) in [4.78, 5) is 0. The Morgan fingerprint density at radius 2 is 1.89 bits per heavy atom. The molecule has 0 radical (unpaired) electrons. The van der Waals surface area contributed by atoms with Crippen LogP contribution in [0.3, 0.4) is 0 Å². The minimum absolute atomic E-state index is 0.267. The van der Waals surface area contributed by atoms with Gasteiger partial charge in [0.15, 0.2) is 0 Å². The van der Waals surface area contributed by atoms with E-state index in [-0.39, 0.29) is 5.02 Å². The molecule has 2 nitrogen and oxygen atoms in total. The Balaban J connectivity index is 2.86. The van der Waals surface area contributed by atoms with Crippen LogP contribution in [0, 0.1) is 0 Å². The van der Waals surface area contributed by atoms with Gasteiger partial charge in [-0.05, 0) is 43.1 Å². The van der Waals surface area contributed by atoms with E-state index < -0.39 is 17.8 Å². The van der Waals surface area contributed by atoms with Gasteiger partial charge in [0.1, 0.15) is 0 Å². The quantitative estimate of drug-likeness (QED) is 0.811. The van der Waals surface area contributed by atoms with Crippen molar-refractivity contribution in [3.63, 3.8) is 0 Å². The molecule has 0 aliphatic carbocycles. The van der Waals surface area contributed by atoms with E-state index in [4.69, 9.17) is 23.1 Å². The zero-order valence-corrected chi connectivity index (χ0v) is 10.6. The summed E-state index contributed by atoms with van der Waals surface area (Å²) < 4.78 is 37.7. The topological polar surface area (TPSA) is 52.0 Å². The minimum Gasteiger partial charge on any atom is -0.330 e. The largest absolute Gasteiger partial charge is 0.416 e. The van der Waals surface area contributed by atoms with Gasteiger partial charge in [-0.15, -0.1) is 0 Å². The Morgan fingerprint density at radius 3 is 2.44 bits per heavy atom. The van der Waals surface area contributed by atoms with Crippen molar-refractivity contribution >= 4 is 11.6 Å². The second kappa shape index (κ2) is 6.41. The van der Waals surface area contributed by atoms with Gasteiger partial charge in [0.2, 0.25) is 0 Å². The van der Waals surface area contributed by atoms with Crippen molar-refractivity contribution in [2.24, 2.45) is 11.5 Å². The number of nitrogens with two attached hydrogens (primary N) is 2. The molecule has 1 rings (SSSR count). The summed E-state index contributed by atoms with van der Waals surface area (Å²) in [5, 5.41) is 0.267. The minimum atomic E-state index is -4.38. The highest BCUT2D eigenvalue weighted by molar-refractivity contribution is 6.31. The summed E-state index contributed by atoms with van der Waals surface area (Å²) in [6.07, 6.45) is -2.25. The molecule has 0 aromatic heterocycles. The summed E-state index contributed by atoms with van der Waals surface area (Å²) in [6.45, 7) is 0.545. The van der Waals surface area contributed by atoms with Crippen molar-refractivity contribution in [3.05, 3.63) is 34.3 Å². The molecule has 18 heavy (non-hydrogen) atoms. The highest BCUT2D eigenvalue weighted by Crippen LogP contribution is 2.34. The number of hydrogen-bond donors (Lipinski definition) is 2. The third kappa shape index (κ3) is 4.15. The second-order valence-electron chi connectivity index (χ2n) is 4.13. The predicted molar refractivity (Wildman–Crippen MR) is 66.3 cm³/mol. The lowest BCUT2D eigenvalue weighted by atomic mass is 9.99. The number of unbranched alkanes of at least 4 members (excludes halogenated alkanes) is 1. The molecule has 0 aliphatic heterocycles. The molecule has 6 heteroatoms. The molecule has 0 spiro atoms. The fourth-order valence-electron chi connectivity index (χ4n) is 1.67. The van der Waals surface area contributed by atoms with Crippen LogP contribution in [0.1, 0.15) is 36.4 Å². The van der Waals surface area contributed by atoms with Gasteiger partial charge >= 0.3 is 6.18 Å². The van der Waals surface area contributed by atoms with Gasteiger partial charge < -0.3 is 11.5 Å². The fourth-order valence-corrected chi connectivity index (χ4v) is 1.93. The number of alkyl halides is 3. The maximum absolute atomic E-state index is 12.6. The maximum atomic E-state index is 12.6. The van der Waals surface area contributed by atoms with E-state index >= 15 is 0 Å². The summed E-state index contributed by atoms with van der Waals surface area (Å²) in [5.74, 6) is 0. The van der Waals surface area contributed by atoms with Gasteiger partial charge in [-0.3, -0.25) is 0 Å². The van der Waals surface area contributed by atoms with Crippen molar-refractivity contribution in [2.45, 2.75) is 31.5 Å². The van der Waals surface area contributed by atoms with Crippen LogP contribution in [-0.2, 0) is 6.18 Å². The molecule has 0 unspecified atom stereocenters. The third-order valence-electron chi connectivity index (χ3n) is 2.69. The van der Waals surface area contributed by atoms with Gasteiger partial charge in [-0.1, -0.05) is 18.0 Å². The Morgan fingerprint density at radius 1 is 1.22 bits per heavy atom. The second-order valence-corrected chi connectivity index (χ2v) is 4.53. The number of benzene rings is 1. The van der Waals surface area contributed by atoms with Crippen molar-refractivity contribution in [3.8, 4) is 0 Å². The summed E-state index contributed by atoms with van der Waals surface area (Å²) in [6, 6.07) is 2.72. The van der Waals surface area contributed by atoms with Gasteiger partial charge in [-0.2, -0.15) is 13.2 Å². The Hall–Kier alpha value is -0.780. The molecular weight excluding hydrogens is 265 g/mol. The fraction of sp³-hybridized carbons (Fsp3) is 0.500. The zero-order valence-electron chi connectivity index (χ0n) is 9.80. The zero-order chi connectivity index (χ0) is 13.8. The van der Waals surface area contributed by atoms with Crippen molar-refractivity contribution in [1.29, 1.82) is 0 Å². The van der Waals surface area contributed by atoms with Crippen LogP contribution in [-0.4, -0.2) is 6.54 Å². The van der Waals surface area contributed by atoms with Crippen LogP contribution in [0.5, 0.6) is 0 Å². The van der Waals surface area contributed by atoms with E-state index in [0.717, 1.165) is 25.0 Å². The first-order chi connectivity index (χ1) is 8.36. The van der Waals surface area contributed by atoms with Crippen molar-refractivity contribution in [1.82, 2.24) is 0 Å². The highest BCUT2D eigenvalue weighted by Gasteiger charge is 2.31. The van der Waals surface area contributed by atoms with Crippen LogP contribution in [0.15, 0.2) is 18.2 Å². The molecule has 0 bridgehead atoms. The van der Waals surface area contributed by atoms with Crippen molar-refractivity contribution in [2.75, 3.05) is 6.54 Å². The van der Waals surface area contributed by atoms with Gasteiger partial charge in [0.05, 0.1) is 5.56 Å². The Labute approximate surface area is 109 Å². The molecule has 0 saturated heterocycles. The molecule has 1 aromatic rings. The number of halogens is 4. The summed E-state index contributed by atoms with van der Waals surface area (Å²) in [7, 11) is 0. The van der Waals surface area contributed by atoms with E-state index in [0.29, 0.717) is 18.5 Å². The lowest BCUT2D eigenvalue weighted by Crippen LogP contribution is -2.14. The normalized spacial score (nSPS) is 13.7. The molecule has 0 amide bonds. The molecule has 1 aromatic carbocycles. The molecule has 0 aliphatic rings. The van der Waals surface area contributed by atoms with E-state index in [1.807, 2.05) is 0 Å². The van der Waals surface area contributed by atoms with Crippen molar-refractivity contribution < 1.29 is 13.2 Å². The standard InChI is InChI=1S/C12H16ClF3N2/c13-10-5-4-8(12(14,15)16)7-9(10)11(18)3-1-2-6-17/h4-5,7,11H,1-3,6,17-18H2/t11-/m0/s1. The van der Waals surface area contributed by atoms with Gasteiger partial charge in [0, 0.05) is 11.1 Å². The number of hydrogen-bond acceptors (Lipinski definition) is 2. The first-order valence-electron chi connectivity index (χ1n) is 5.68. The Bertz CT molecular complexity index is 393. The van der Waals surface area contributed by atoms with E-state index in [9.17, 15) is 13.2 Å². The lowest BCUT2D eigenvalue weighted by molar-refractivity contribution is -0.137. The van der Waals surface area contributed by atoms with Gasteiger partial charge in [-0.25, -0.2) is 0 Å². The monoisotopic (exact) mass is 280 g/mol. The van der Waals surface area contributed by atoms with Crippen LogP contribution in [0.25, 0.3) is 0 Å². The molecular formula is C12H16ClF3N2. The van der Waals surface area contributed by atoms with Crippen LogP contribution in [0.2, 0.25) is 5.02 Å². The first kappa shape index (κ1) is 15.3. The van der Waals surface area contributed by atoms with Crippen LogP contribution in [0.4, 0.5) is 13.2 Å². The summed E-state index contributed by atoms with van der Waals surface area (Å²) >= 11 is 5.88. The van der Waals surface area contributed by atoms with E-state index in [2.05, 4.69) is 0 Å². The lowest BCUT2D eigenvalue weighted by Gasteiger charge is -2.16. The number of rotatable bonds is 5. The van der Waals surface area contributed by atoms with Crippen LogP contribution >= 0.6 is 11.6 Å². The molecule has 0 saturated carbocycles. The highest BCUT2D eigenvalue weighted by atomic mass is 35.5. The van der Waals surface area contributed by atoms with E-state index in [1.54, 1.807) is 0 Å². The molecule has 0 heterocycles. The average molecular weight is 281 g/mol. The molecule has 0 fully saturated rings. The van der Waals surface area contributed by atoms with Crippen LogP contribution < -0.4 is 11.5 Å². The average Bonchev–Trinajstić information content (AvgIpc) is 2.28. The smallest absolute Gasteiger partial charge is 0.330 e. The molecule has 102 valence electrons. The maximum Gasteiger partial charge on any atom is 0.416 e. The van der Waals surface area contributed by atoms with E-state index in [1.165, 1.54) is 6.07 Å². The van der Waals surface area contributed by atoms with Gasteiger partial charge in [0.25, 0.3) is 0 Å².